The maximum absolute atomic E-state index is 14.3. The summed E-state index contributed by atoms with van der Waals surface area (Å²) >= 11 is 0. The molecule has 0 atom stereocenters. The monoisotopic (exact) mass is 549 g/mol. The van der Waals surface area contributed by atoms with Crippen LogP contribution in [0, 0.1) is 13.8 Å². The van der Waals surface area contributed by atoms with Gasteiger partial charge in [0, 0.05) is 12.1 Å². The molecular weight excluding hydrogens is 506 g/mol. The van der Waals surface area contributed by atoms with E-state index in [-0.39, 0.29) is 10.9 Å². The number of aryl methyl sites for hydroxylation is 2. The topological polar surface area (TPSA) is 29.5 Å². The van der Waals surface area contributed by atoms with Gasteiger partial charge in [-0.2, -0.15) is 0 Å². The summed E-state index contributed by atoms with van der Waals surface area (Å²) < 4.78 is 7.21. The fraction of sp³-hybridized carbons (Fsp3) is 0.306. The molecule has 4 aromatic carbocycles. The molecule has 0 aliphatic rings. The highest BCUT2D eigenvalue weighted by Crippen LogP contribution is 2.37. The molecule has 0 saturated carbocycles. The molecule has 4 aromatic rings. The minimum atomic E-state index is -2.73. The van der Waals surface area contributed by atoms with Crippen LogP contribution in [0.4, 0.5) is 0 Å². The minimum absolute atomic E-state index is 0.0288. The molecule has 40 heavy (non-hydrogen) atoms. The molecule has 208 valence electrons. The molecule has 0 unspecified atom stereocenters. The molecule has 3 nitrogen and oxygen atoms in total. The summed E-state index contributed by atoms with van der Waals surface area (Å²) in [7, 11) is -2.73. The third-order valence-electron chi connectivity index (χ3n) is 8.07. The van der Waals surface area contributed by atoms with Crippen molar-refractivity contribution in [3.63, 3.8) is 0 Å². The van der Waals surface area contributed by atoms with Crippen molar-refractivity contribution in [2.24, 2.45) is 0 Å². The first-order chi connectivity index (χ1) is 19.0. The number of hydrogen-bond donors (Lipinski definition) is 0. The Balaban J connectivity index is 1.76. The Bertz CT molecular complexity index is 1370. The van der Waals surface area contributed by atoms with Gasteiger partial charge in [-0.15, -0.1) is 0 Å². The lowest BCUT2D eigenvalue weighted by molar-refractivity contribution is 0.0489. The third-order valence-corrected chi connectivity index (χ3v) is 13.1. The summed E-state index contributed by atoms with van der Waals surface area (Å²) in [6, 6.07) is 37.8. The molecule has 0 N–H and O–H groups in total. The summed E-state index contributed by atoms with van der Waals surface area (Å²) in [4.78, 5) is 16.3. The van der Waals surface area contributed by atoms with E-state index in [2.05, 4.69) is 113 Å². The molecule has 0 aliphatic heterocycles. The SMILES string of the molecule is Cc1ccc(C)c(C(=O)N(CCO[Si](c2ccccc2)(c2ccccc2)C(C)(C)C)C(C)(C)c2ccccc2)c1. The molecule has 0 aromatic heterocycles. The Labute approximate surface area is 242 Å². The van der Waals surface area contributed by atoms with Gasteiger partial charge >= 0.3 is 0 Å². The predicted octanol–water partition coefficient (Wildman–Crippen LogP) is 7.26. The van der Waals surface area contributed by atoms with Crippen molar-refractivity contribution in [1.29, 1.82) is 0 Å². The van der Waals surface area contributed by atoms with Gasteiger partial charge in [0.05, 0.1) is 12.1 Å². The Morgan fingerprint density at radius 1 is 0.725 bits per heavy atom. The second kappa shape index (κ2) is 12.0. The summed E-state index contributed by atoms with van der Waals surface area (Å²) in [5.41, 5.74) is 3.37. The molecule has 0 saturated heterocycles. The highest BCUT2D eigenvalue weighted by atomic mass is 28.4. The first kappa shape index (κ1) is 29.5. The number of rotatable bonds is 9. The lowest BCUT2D eigenvalue weighted by atomic mass is 9.91. The maximum Gasteiger partial charge on any atom is 0.261 e. The lowest BCUT2D eigenvalue weighted by Crippen LogP contribution is -2.67. The molecule has 1 amide bonds. The maximum atomic E-state index is 14.3. The van der Waals surface area contributed by atoms with Crippen molar-refractivity contribution in [3.8, 4) is 0 Å². The van der Waals surface area contributed by atoms with E-state index >= 15 is 0 Å². The zero-order chi connectivity index (χ0) is 29.0. The standard InChI is InChI=1S/C36H43NO2Si/c1-28-23-24-29(2)33(27-28)34(38)37(36(6,7)30-17-11-8-12-18-30)25-26-39-40(35(3,4)5,31-19-13-9-14-20-31)32-21-15-10-16-22-32/h8-24,27H,25-26H2,1-7H3. The Morgan fingerprint density at radius 2 is 1.23 bits per heavy atom. The second-order valence-electron chi connectivity index (χ2n) is 12.2. The summed E-state index contributed by atoms with van der Waals surface area (Å²) in [6.07, 6.45) is 0. The summed E-state index contributed by atoms with van der Waals surface area (Å²) in [5.74, 6) is 0.0288. The zero-order valence-electron chi connectivity index (χ0n) is 25.1. The number of amides is 1. The molecule has 0 bridgehead atoms. The number of nitrogens with zero attached hydrogens (tertiary/aromatic N) is 1. The molecule has 0 radical (unpaired) electrons. The van der Waals surface area contributed by atoms with Crippen molar-refractivity contribution in [2.45, 2.75) is 59.0 Å². The highest BCUT2D eigenvalue weighted by Gasteiger charge is 2.50. The largest absolute Gasteiger partial charge is 0.406 e. The quantitative estimate of drug-likeness (QED) is 0.206. The first-order valence-corrected chi connectivity index (χ1v) is 16.1. The van der Waals surface area contributed by atoms with Gasteiger partial charge in [0.25, 0.3) is 14.2 Å². The smallest absolute Gasteiger partial charge is 0.261 e. The van der Waals surface area contributed by atoms with Crippen LogP contribution in [0.5, 0.6) is 0 Å². The van der Waals surface area contributed by atoms with Crippen LogP contribution in [0.3, 0.4) is 0 Å². The van der Waals surface area contributed by atoms with Crippen molar-refractivity contribution in [2.75, 3.05) is 13.2 Å². The molecule has 0 spiro atoms. The van der Waals surface area contributed by atoms with Crippen molar-refractivity contribution in [1.82, 2.24) is 4.90 Å². The number of benzene rings is 4. The van der Waals surface area contributed by atoms with Crippen LogP contribution in [0.15, 0.2) is 109 Å². The predicted molar refractivity (Wildman–Crippen MR) is 170 cm³/mol. The van der Waals surface area contributed by atoms with Crippen molar-refractivity contribution < 1.29 is 9.22 Å². The normalized spacial score (nSPS) is 12.3. The average Bonchev–Trinajstić information content (AvgIpc) is 2.95. The molecule has 0 heterocycles. The van der Waals surface area contributed by atoms with Crippen LogP contribution in [0.25, 0.3) is 0 Å². The highest BCUT2D eigenvalue weighted by molar-refractivity contribution is 6.99. The number of carbonyl (C=O) groups is 1. The van der Waals surface area contributed by atoms with Crippen molar-refractivity contribution >= 4 is 24.6 Å². The van der Waals surface area contributed by atoms with E-state index < -0.39 is 13.9 Å². The fourth-order valence-corrected chi connectivity index (χ4v) is 10.4. The van der Waals surface area contributed by atoms with Gasteiger partial charge in [-0.3, -0.25) is 4.79 Å². The molecule has 4 heteroatoms. The zero-order valence-corrected chi connectivity index (χ0v) is 26.1. The number of carbonyl (C=O) groups excluding carboxylic acids is 1. The molecule has 0 aliphatic carbocycles. The van der Waals surface area contributed by atoms with Crippen LogP contribution in [0.2, 0.25) is 5.04 Å². The van der Waals surface area contributed by atoms with Gasteiger partial charge in [-0.05, 0) is 60.3 Å². The second-order valence-corrected chi connectivity index (χ2v) is 16.5. The van der Waals surface area contributed by atoms with Gasteiger partial charge < -0.3 is 9.33 Å². The van der Waals surface area contributed by atoms with E-state index in [9.17, 15) is 4.79 Å². The molecular formula is C36H43NO2Si. The summed E-state index contributed by atoms with van der Waals surface area (Å²) in [6.45, 7) is 16.1. The Kier molecular flexibility index (Phi) is 8.82. The van der Waals surface area contributed by atoms with Gasteiger partial charge in [0.15, 0.2) is 0 Å². The van der Waals surface area contributed by atoms with E-state index in [1.807, 2.05) is 49.1 Å². The third kappa shape index (κ3) is 5.84. The van der Waals surface area contributed by atoms with Crippen molar-refractivity contribution in [3.05, 3.63) is 131 Å². The van der Waals surface area contributed by atoms with E-state index in [0.717, 1.165) is 22.3 Å². The average molecular weight is 550 g/mol. The van der Waals surface area contributed by atoms with Gasteiger partial charge in [0.1, 0.15) is 0 Å². The Hall–Kier alpha value is -3.47. The molecule has 4 rings (SSSR count). The molecule has 0 fully saturated rings. The number of hydrogen-bond acceptors (Lipinski definition) is 2. The fourth-order valence-electron chi connectivity index (χ4n) is 5.80. The van der Waals surface area contributed by atoms with Crippen LogP contribution < -0.4 is 10.4 Å². The van der Waals surface area contributed by atoms with Gasteiger partial charge in [-0.25, -0.2) is 0 Å². The van der Waals surface area contributed by atoms with Gasteiger partial charge in [0.2, 0.25) is 0 Å². The first-order valence-electron chi connectivity index (χ1n) is 14.2. The lowest BCUT2D eigenvalue weighted by Gasteiger charge is -2.44. The Morgan fingerprint density at radius 3 is 1.73 bits per heavy atom. The van der Waals surface area contributed by atoms with E-state index in [4.69, 9.17) is 4.43 Å². The van der Waals surface area contributed by atoms with Crippen LogP contribution in [-0.2, 0) is 9.96 Å². The van der Waals surface area contributed by atoms with Crippen LogP contribution >= 0.6 is 0 Å². The van der Waals surface area contributed by atoms with E-state index in [0.29, 0.717) is 13.2 Å². The summed E-state index contributed by atoms with van der Waals surface area (Å²) in [5, 5.41) is 2.35. The minimum Gasteiger partial charge on any atom is -0.406 e. The van der Waals surface area contributed by atoms with E-state index in [1.165, 1.54) is 10.4 Å². The van der Waals surface area contributed by atoms with E-state index in [1.54, 1.807) is 0 Å². The van der Waals surface area contributed by atoms with Crippen LogP contribution in [-0.4, -0.2) is 32.3 Å². The van der Waals surface area contributed by atoms with Crippen LogP contribution in [0.1, 0.15) is 61.7 Å². The van der Waals surface area contributed by atoms with Gasteiger partial charge in [-0.1, -0.05) is 129 Å².